The second-order valence-corrected chi connectivity index (χ2v) is 7.18. The van der Waals surface area contributed by atoms with Gasteiger partial charge >= 0.3 is 5.97 Å². The predicted molar refractivity (Wildman–Crippen MR) is 86.5 cm³/mol. The normalized spacial score (nSPS) is 34.3. The zero-order chi connectivity index (χ0) is 15.4. The van der Waals surface area contributed by atoms with E-state index in [-0.39, 0.29) is 5.97 Å². The number of carbonyl (C=O) groups is 1. The Morgan fingerprint density at radius 2 is 2.00 bits per heavy atom. The smallest absolute Gasteiger partial charge is 0.302 e. The van der Waals surface area contributed by atoms with Gasteiger partial charge in [-0.2, -0.15) is 0 Å². The molecule has 0 aromatic rings. The van der Waals surface area contributed by atoms with Crippen molar-refractivity contribution in [2.75, 3.05) is 6.61 Å². The van der Waals surface area contributed by atoms with Crippen LogP contribution >= 0.6 is 0 Å². The number of fused-ring (bicyclic) bond motifs is 3. The van der Waals surface area contributed by atoms with Gasteiger partial charge in [-0.3, -0.25) is 4.79 Å². The molecule has 0 aromatic carbocycles. The summed E-state index contributed by atoms with van der Waals surface area (Å²) in [5.74, 6) is 1.22. The lowest BCUT2D eigenvalue weighted by molar-refractivity contribution is -0.141. The van der Waals surface area contributed by atoms with Crippen LogP contribution in [0, 0.1) is 11.8 Å². The summed E-state index contributed by atoms with van der Waals surface area (Å²) in [6, 6.07) is 0. The van der Waals surface area contributed by atoms with Gasteiger partial charge in [0.25, 0.3) is 0 Å². The maximum Gasteiger partial charge on any atom is 0.302 e. The lowest BCUT2D eigenvalue weighted by Gasteiger charge is -2.47. The molecule has 3 nitrogen and oxygen atoms in total. The van der Waals surface area contributed by atoms with Crippen LogP contribution in [-0.4, -0.2) is 24.8 Å². The zero-order valence-corrected chi connectivity index (χ0v) is 13.9. The van der Waals surface area contributed by atoms with Crippen molar-refractivity contribution < 1.29 is 14.3 Å². The van der Waals surface area contributed by atoms with Crippen LogP contribution in [-0.2, 0) is 14.3 Å². The first kappa shape index (κ1) is 16.0. The van der Waals surface area contributed by atoms with E-state index in [4.69, 9.17) is 9.47 Å². The molecule has 0 unspecified atom stereocenters. The predicted octanol–water partition coefficient (Wildman–Crippen LogP) is 4.40. The molecule has 1 saturated carbocycles. The van der Waals surface area contributed by atoms with Gasteiger partial charge in [0.05, 0.1) is 18.8 Å². The average molecular weight is 306 g/mol. The topological polar surface area (TPSA) is 35.5 Å². The number of rotatable bonds is 5. The molecule has 2 aliphatic carbocycles. The summed E-state index contributed by atoms with van der Waals surface area (Å²) in [5.41, 5.74) is 1.74. The number of allylic oxidation sites excluding steroid dienone is 1. The highest BCUT2D eigenvalue weighted by Gasteiger charge is 2.42. The van der Waals surface area contributed by atoms with Gasteiger partial charge in [-0.15, -0.1) is 0 Å². The van der Waals surface area contributed by atoms with E-state index in [1.165, 1.54) is 51.9 Å². The number of hydrogen-bond donors (Lipinski definition) is 0. The van der Waals surface area contributed by atoms with E-state index in [1.54, 1.807) is 5.57 Å². The molecule has 0 spiro atoms. The molecule has 0 radical (unpaired) electrons. The summed E-state index contributed by atoms with van der Waals surface area (Å²) >= 11 is 0. The van der Waals surface area contributed by atoms with E-state index >= 15 is 0 Å². The molecule has 1 heterocycles. The minimum absolute atomic E-state index is 0.170. The first-order valence-electron chi connectivity index (χ1n) is 9.24. The van der Waals surface area contributed by atoms with Crippen molar-refractivity contribution in [3.05, 3.63) is 11.6 Å². The maximum absolute atomic E-state index is 10.8. The highest BCUT2D eigenvalue weighted by atomic mass is 16.5. The van der Waals surface area contributed by atoms with Crippen LogP contribution in [0.5, 0.6) is 0 Å². The lowest BCUT2D eigenvalue weighted by Crippen LogP contribution is -2.45. The fraction of sp³-hybridized carbons (Fsp3) is 0.842. The standard InChI is InChI=1S/C19H30O3/c1-14(20)21-13-7-6-12-19-16-9-3-2-8-15(16)17-10-4-5-11-18(17)22-19/h8,16-19H,2-7,9-13H2,1H3/t16-,17+,18+,19-/m0/s1. The SMILES string of the molecule is CC(=O)OCCCC[C@@H]1O[C@@H]2CCCC[C@@H]2C2=CCCC[C@@H]21. The second-order valence-electron chi connectivity index (χ2n) is 7.18. The lowest BCUT2D eigenvalue weighted by atomic mass is 9.68. The number of hydrogen-bond acceptors (Lipinski definition) is 3. The number of esters is 1. The molecule has 0 bridgehead atoms. The van der Waals surface area contributed by atoms with Crippen LogP contribution in [0.1, 0.15) is 71.1 Å². The van der Waals surface area contributed by atoms with E-state index in [9.17, 15) is 4.79 Å². The van der Waals surface area contributed by atoms with Crippen molar-refractivity contribution in [2.24, 2.45) is 11.8 Å². The molecule has 3 rings (SSSR count). The van der Waals surface area contributed by atoms with E-state index in [2.05, 4.69) is 6.08 Å². The van der Waals surface area contributed by atoms with E-state index in [1.807, 2.05) is 0 Å². The van der Waals surface area contributed by atoms with E-state index < -0.39 is 0 Å². The van der Waals surface area contributed by atoms with Gasteiger partial charge in [0.2, 0.25) is 0 Å². The van der Waals surface area contributed by atoms with Gasteiger partial charge in [-0.25, -0.2) is 0 Å². The van der Waals surface area contributed by atoms with Crippen molar-refractivity contribution in [3.63, 3.8) is 0 Å². The van der Waals surface area contributed by atoms with Gasteiger partial charge < -0.3 is 9.47 Å². The van der Waals surface area contributed by atoms with Gasteiger partial charge in [0, 0.05) is 18.8 Å². The Balaban J connectivity index is 1.55. The molecule has 3 aliphatic rings. The van der Waals surface area contributed by atoms with Crippen LogP contribution in [0.2, 0.25) is 0 Å². The van der Waals surface area contributed by atoms with E-state index in [0.29, 0.717) is 24.7 Å². The molecule has 22 heavy (non-hydrogen) atoms. The Labute approximate surface area is 134 Å². The summed E-state index contributed by atoms with van der Waals surface area (Å²) in [6.45, 7) is 2.04. The maximum atomic E-state index is 10.8. The molecule has 2 fully saturated rings. The summed E-state index contributed by atoms with van der Waals surface area (Å²) in [7, 11) is 0. The third-order valence-electron chi connectivity index (χ3n) is 5.64. The summed E-state index contributed by atoms with van der Waals surface area (Å²) in [5, 5.41) is 0. The van der Waals surface area contributed by atoms with Crippen LogP contribution < -0.4 is 0 Å². The van der Waals surface area contributed by atoms with E-state index in [0.717, 1.165) is 25.2 Å². The largest absolute Gasteiger partial charge is 0.466 e. The molecular formula is C19H30O3. The first-order chi connectivity index (χ1) is 10.8. The Bertz CT molecular complexity index is 415. The summed E-state index contributed by atoms with van der Waals surface area (Å²) < 4.78 is 11.6. The fourth-order valence-electron chi connectivity index (χ4n) is 4.64. The molecule has 0 N–H and O–H groups in total. The van der Waals surface area contributed by atoms with Crippen LogP contribution in [0.25, 0.3) is 0 Å². The highest BCUT2D eigenvalue weighted by Crippen LogP contribution is 2.47. The molecule has 124 valence electrons. The highest BCUT2D eigenvalue weighted by molar-refractivity contribution is 5.65. The summed E-state index contributed by atoms with van der Waals surface area (Å²) in [6.07, 6.45) is 15.8. The van der Waals surface area contributed by atoms with Gasteiger partial charge in [-0.05, 0) is 51.4 Å². The quantitative estimate of drug-likeness (QED) is 0.429. The Kier molecular flexibility index (Phi) is 5.56. The van der Waals surface area contributed by atoms with Crippen molar-refractivity contribution >= 4 is 5.97 Å². The van der Waals surface area contributed by atoms with Crippen LogP contribution in [0.15, 0.2) is 11.6 Å². The first-order valence-corrected chi connectivity index (χ1v) is 9.24. The summed E-state index contributed by atoms with van der Waals surface area (Å²) in [4.78, 5) is 10.8. The number of carbonyl (C=O) groups excluding carboxylic acids is 1. The van der Waals surface area contributed by atoms with Crippen molar-refractivity contribution in [2.45, 2.75) is 83.3 Å². The van der Waals surface area contributed by atoms with Gasteiger partial charge in [0.1, 0.15) is 0 Å². The Morgan fingerprint density at radius 3 is 2.86 bits per heavy atom. The van der Waals surface area contributed by atoms with Crippen LogP contribution in [0.3, 0.4) is 0 Å². The molecule has 3 heteroatoms. The van der Waals surface area contributed by atoms with Crippen molar-refractivity contribution in [3.8, 4) is 0 Å². The van der Waals surface area contributed by atoms with Crippen molar-refractivity contribution in [1.82, 2.24) is 0 Å². The molecule has 4 atom stereocenters. The Morgan fingerprint density at radius 1 is 1.18 bits per heavy atom. The molecule has 0 aromatic heterocycles. The van der Waals surface area contributed by atoms with Crippen LogP contribution in [0.4, 0.5) is 0 Å². The van der Waals surface area contributed by atoms with Crippen molar-refractivity contribution in [1.29, 1.82) is 0 Å². The van der Waals surface area contributed by atoms with Gasteiger partial charge in [0.15, 0.2) is 0 Å². The monoisotopic (exact) mass is 306 g/mol. The number of ether oxygens (including phenoxy) is 2. The third kappa shape index (κ3) is 3.73. The van der Waals surface area contributed by atoms with Gasteiger partial charge in [-0.1, -0.05) is 24.5 Å². The number of unbranched alkanes of at least 4 members (excludes halogenated alkanes) is 1. The Hall–Kier alpha value is -0.830. The minimum Gasteiger partial charge on any atom is -0.466 e. The second kappa shape index (κ2) is 7.63. The average Bonchev–Trinajstić information content (AvgIpc) is 2.54. The minimum atomic E-state index is -0.170. The molecule has 1 aliphatic heterocycles. The zero-order valence-electron chi connectivity index (χ0n) is 13.9. The molecule has 0 amide bonds. The molecular weight excluding hydrogens is 276 g/mol. The molecule has 1 saturated heterocycles. The fourth-order valence-corrected chi connectivity index (χ4v) is 4.64. The third-order valence-corrected chi connectivity index (χ3v) is 5.64.